The van der Waals surface area contributed by atoms with Crippen LogP contribution < -0.4 is 11.1 Å². The third kappa shape index (κ3) is 3.46. The SMILES string of the molecule is CSC(CO)C(C)NC(=O)c1cc(N)c2ccccc2n1. The van der Waals surface area contributed by atoms with Crippen LogP contribution in [0.3, 0.4) is 0 Å². The lowest BCUT2D eigenvalue weighted by Crippen LogP contribution is -2.41. The fraction of sp³-hybridized carbons (Fsp3) is 0.333. The Morgan fingerprint density at radius 1 is 1.48 bits per heavy atom. The van der Waals surface area contributed by atoms with E-state index in [2.05, 4.69) is 10.3 Å². The van der Waals surface area contributed by atoms with E-state index in [1.165, 1.54) is 11.8 Å². The Hall–Kier alpha value is -1.79. The zero-order chi connectivity index (χ0) is 15.4. The van der Waals surface area contributed by atoms with Crippen LogP contribution in [-0.4, -0.2) is 40.2 Å². The minimum absolute atomic E-state index is 0.00982. The molecule has 112 valence electrons. The lowest BCUT2D eigenvalue weighted by Gasteiger charge is -2.21. The minimum Gasteiger partial charge on any atom is -0.398 e. The van der Waals surface area contributed by atoms with E-state index in [1.54, 1.807) is 6.07 Å². The monoisotopic (exact) mass is 305 g/mol. The van der Waals surface area contributed by atoms with Crippen molar-refractivity contribution < 1.29 is 9.90 Å². The minimum atomic E-state index is -0.285. The van der Waals surface area contributed by atoms with Crippen LogP contribution in [0.4, 0.5) is 5.69 Å². The molecule has 2 unspecified atom stereocenters. The predicted molar refractivity (Wildman–Crippen MR) is 87.5 cm³/mol. The van der Waals surface area contributed by atoms with Crippen molar-refractivity contribution in [3.05, 3.63) is 36.0 Å². The van der Waals surface area contributed by atoms with E-state index >= 15 is 0 Å². The summed E-state index contributed by atoms with van der Waals surface area (Å²) >= 11 is 1.51. The Morgan fingerprint density at radius 2 is 2.19 bits per heavy atom. The fourth-order valence-electron chi connectivity index (χ4n) is 2.13. The molecule has 1 amide bonds. The molecule has 0 fully saturated rings. The molecule has 0 aliphatic heterocycles. The van der Waals surface area contributed by atoms with E-state index in [9.17, 15) is 9.90 Å². The average Bonchev–Trinajstić information content (AvgIpc) is 2.48. The Balaban J connectivity index is 2.23. The lowest BCUT2D eigenvalue weighted by atomic mass is 10.1. The molecule has 0 saturated carbocycles. The number of nitrogens with two attached hydrogens (primary N) is 1. The van der Waals surface area contributed by atoms with Crippen molar-refractivity contribution in [1.82, 2.24) is 10.3 Å². The number of para-hydroxylation sites is 1. The van der Waals surface area contributed by atoms with Gasteiger partial charge in [-0.15, -0.1) is 0 Å². The first kappa shape index (κ1) is 15.6. The van der Waals surface area contributed by atoms with Crippen LogP contribution in [0, 0.1) is 0 Å². The number of pyridine rings is 1. The summed E-state index contributed by atoms with van der Waals surface area (Å²) in [5.41, 5.74) is 7.48. The van der Waals surface area contributed by atoms with Crippen LogP contribution in [0.2, 0.25) is 0 Å². The number of aliphatic hydroxyl groups excluding tert-OH is 1. The first-order valence-corrected chi connectivity index (χ1v) is 7.95. The van der Waals surface area contributed by atoms with Crippen LogP contribution in [0.25, 0.3) is 10.9 Å². The molecule has 1 heterocycles. The highest BCUT2D eigenvalue weighted by molar-refractivity contribution is 7.99. The summed E-state index contributed by atoms with van der Waals surface area (Å²) in [6, 6.07) is 8.85. The first-order valence-electron chi connectivity index (χ1n) is 6.66. The van der Waals surface area contributed by atoms with Crippen LogP contribution in [0.5, 0.6) is 0 Å². The van der Waals surface area contributed by atoms with Crippen LogP contribution in [-0.2, 0) is 0 Å². The topological polar surface area (TPSA) is 88.2 Å². The molecule has 0 bridgehead atoms. The highest BCUT2D eigenvalue weighted by atomic mass is 32.2. The Bertz CT molecular complexity index is 644. The van der Waals surface area contributed by atoms with Gasteiger partial charge in [0.05, 0.1) is 12.1 Å². The van der Waals surface area contributed by atoms with Crippen molar-refractivity contribution in [3.8, 4) is 0 Å². The van der Waals surface area contributed by atoms with Gasteiger partial charge in [0.15, 0.2) is 0 Å². The molecule has 21 heavy (non-hydrogen) atoms. The maximum Gasteiger partial charge on any atom is 0.270 e. The zero-order valence-electron chi connectivity index (χ0n) is 12.0. The summed E-state index contributed by atoms with van der Waals surface area (Å²) in [5.74, 6) is -0.285. The number of anilines is 1. The number of fused-ring (bicyclic) bond motifs is 1. The fourth-order valence-corrected chi connectivity index (χ4v) is 2.75. The van der Waals surface area contributed by atoms with Crippen molar-refractivity contribution >= 4 is 34.3 Å². The first-order chi connectivity index (χ1) is 10.1. The number of hydrogen-bond acceptors (Lipinski definition) is 5. The molecule has 1 aromatic heterocycles. The van der Waals surface area contributed by atoms with Gasteiger partial charge in [-0.25, -0.2) is 4.98 Å². The van der Waals surface area contributed by atoms with Gasteiger partial charge >= 0.3 is 0 Å². The Labute approximate surface area is 127 Å². The molecule has 5 nitrogen and oxygen atoms in total. The van der Waals surface area contributed by atoms with Crippen LogP contribution in [0.1, 0.15) is 17.4 Å². The quantitative estimate of drug-likeness (QED) is 0.782. The number of hydrogen-bond donors (Lipinski definition) is 3. The third-order valence-electron chi connectivity index (χ3n) is 3.38. The van der Waals surface area contributed by atoms with E-state index in [4.69, 9.17) is 5.73 Å². The number of thioether (sulfide) groups is 1. The van der Waals surface area contributed by atoms with E-state index in [0.29, 0.717) is 11.2 Å². The summed E-state index contributed by atoms with van der Waals surface area (Å²) in [6.07, 6.45) is 1.90. The number of nitrogens with zero attached hydrogens (tertiary/aromatic N) is 1. The maximum absolute atomic E-state index is 12.3. The van der Waals surface area contributed by atoms with Crippen molar-refractivity contribution in [2.45, 2.75) is 18.2 Å². The average molecular weight is 305 g/mol. The molecule has 2 aromatic rings. The summed E-state index contributed by atoms with van der Waals surface area (Å²) in [6.45, 7) is 1.87. The van der Waals surface area contributed by atoms with E-state index < -0.39 is 0 Å². The smallest absolute Gasteiger partial charge is 0.270 e. The molecule has 2 rings (SSSR count). The van der Waals surface area contributed by atoms with Gasteiger partial charge in [0.2, 0.25) is 0 Å². The number of carbonyl (C=O) groups is 1. The van der Waals surface area contributed by atoms with Gasteiger partial charge in [-0.05, 0) is 25.3 Å². The van der Waals surface area contributed by atoms with Crippen molar-refractivity contribution in [2.75, 3.05) is 18.6 Å². The largest absolute Gasteiger partial charge is 0.398 e. The van der Waals surface area contributed by atoms with E-state index in [-0.39, 0.29) is 29.5 Å². The summed E-state index contributed by atoms with van der Waals surface area (Å²) in [5, 5.41) is 12.9. The van der Waals surface area contributed by atoms with Crippen LogP contribution >= 0.6 is 11.8 Å². The summed E-state index contributed by atoms with van der Waals surface area (Å²) < 4.78 is 0. The van der Waals surface area contributed by atoms with Crippen molar-refractivity contribution in [3.63, 3.8) is 0 Å². The van der Waals surface area contributed by atoms with Crippen molar-refractivity contribution in [1.29, 1.82) is 0 Å². The molecule has 0 aliphatic carbocycles. The second kappa shape index (κ2) is 6.78. The lowest BCUT2D eigenvalue weighted by molar-refractivity contribution is 0.0931. The number of aliphatic hydroxyl groups is 1. The Kier molecular flexibility index (Phi) is 5.03. The molecule has 1 aromatic carbocycles. The molecule has 0 aliphatic rings. The van der Waals surface area contributed by atoms with Gasteiger partial charge in [-0.2, -0.15) is 11.8 Å². The second-order valence-electron chi connectivity index (χ2n) is 4.83. The van der Waals surface area contributed by atoms with Gasteiger partial charge in [-0.3, -0.25) is 4.79 Å². The van der Waals surface area contributed by atoms with Crippen LogP contribution in [0.15, 0.2) is 30.3 Å². The third-order valence-corrected chi connectivity index (χ3v) is 4.54. The van der Waals surface area contributed by atoms with Gasteiger partial charge in [0, 0.05) is 22.4 Å². The van der Waals surface area contributed by atoms with Gasteiger partial charge < -0.3 is 16.2 Å². The number of carbonyl (C=O) groups excluding carboxylic acids is 1. The normalized spacial score (nSPS) is 13.9. The van der Waals surface area contributed by atoms with Crippen molar-refractivity contribution in [2.24, 2.45) is 0 Å². The van der Waals surface area contributed by atoms with E-state index in [0.717, 1.165) is 5.39 Å². The molecule has 0 spiro atoms. The van der Waals surface area contributed by atoms with Gasteiger partial charge in [0.1, 0.15) is 5.69 Å². The summed E-state index contributed by atoms with van der Waals surface area (Å²) in [7, 11) is 0. The number of rotatable bonds is 5. The Morgan fingerprint density at radius 3 is 2.86 bits per heavy atom. The molecule has 0 radical (unpaired) electrons. The molecule has 4 N–H and O–H groups in total. The molecular formula is C15H19N3O2S. The number of nitrogen functional groups attached to an aromatic ring is 1. The highest BCUT2D eigenvalue weighted by Gasteiger charge is 2.19. The number of nitrogens with one attached hydrogen (secondary N) is 1. The summed E-state index contributed by atoms with van der Waals surface area (Å²) in [4.78, 5) is 16.6. The number of amides is 1. The van der Waals surface area contributed by atoms with Gasteiger partial charge in [0.25, 0.3) is 5.91 Å². The standard InChI is InChI=1S/C15H19N3O2S/c1-9(14(8-19)21-2)17-15(20)13-7-11(16)10-5-3-4-6-12(10)18-13/h3-7,9,14,19H,8H2,1-2H3,(H2,16,18)(H,17,20). The number of benzene rings is 1. The molecule has 2 atom stereocenters. The van der Waals surface area contributed by atoms with Gasteiger partial charge in [-0.1, -0.05) is 18.2 Å². The number of aromatic nitrogens is 1. The second-order valence-corrected chi connectivity index (χ2v) is 5.91. The van der Waals surface area contributed by atoms with E-state index in [1.807, 2.05) is 37.4 Å². The maximum atomic E-state index is 12.3. The predicted octanol–water partition coefficient (Wildman–Crippen LogP) is 1.66. The molecular weight excluding hydrogens is 286 g/mol. The molecule has 6 heteroatoms. The highest BCUT2D eigenvalue weighted by Crippen LogP contribution is 2.20. The molecule has 0 saturated heterocycles. The zero-order valence-corrected chi connectivity index (χ0v) is 12.9.